The van der Waals surface area contributed by atoms with Gasteiger partial charge in [-0.2, -0.15) is 0 Å². The number of nitrogens with one attached hydrogen (secondary N) is 1. The van der Waals surface area contributed by atoms with Crippen LogP contribution in [-0.2, 0) is 4.74 Å². The maximum atomic E-state index is 13.8. The Morgan fingerprint density at radius 2 is 1.86 bits per heavy atom. The molecule has 0 fully saturated rings. The standard InChI is InChI=1S/C17H20FNO2/c1-11(2)16(10-21-3)19-17(20)14-8-9-15(18)13-7-5-4-6-12(13)14/h4-9,11,16H,10H2,1-3H3,(H,19,20). The summed E-state index contributed by atoms with van der Waals surface area (Å²) >= 11 is 0. The summed E-state index contributed by atoms with van der Waals surface area (Å²) in [7, 11) is 1.61. The Labute approximate surface area is 124 Å². The molecule has 112 valence electrons. The van der Waals surface area contributed by atoms with E-state index < -0.39 is 0 Å². The van der Waals surface area contributed by atoms with Crippen LogP contribution in [0.2, 0.25) is 0 Å². The van der Waals surface area contributed by atoms with Gasteiger partial charge in [0.25, 0.3) is 5.91 Å². The summed E-state index contributed by atoms with van der Waals surface area (Å²) in [6.07, 6.45) is 0. The lowest BCUT2D eigenvalue weighted by Gasteiger charge is -2.22. The number of halogens is 1. The zero-order valence-corrected chi connectivity index (χ0v) is 12.5. The molecule has 0 radical (unpaired) electrons. The van der Waals surface area contributed by atoms with Crippen molar-refractivity contribution in [1.82, 2.24) is 5.32 Å². The van der Waals surface area contributed by atoms with Crippen LogP contribution >= 0.6 is 0 Å². The summed E-state index contributed by atoms with van der Waals surface area (Å²) in [5.74, 6) is -0.276. The highest BCUT2D eigenvalue weighted by Crippen LogP contribution is 2.22. The summed E-state index contributed by atoms with van der Waals surface area (Å²) in [6.45, 7) is 4.49. The van der Waals surface area contributed by atoms with Gasteiger partial charge >= 0.3 is 0 Å². The van der Waals surface area contributed by atoms with Crippen LogP contribution in [0, 0.1) is 11.7 Å². The summed E-state index contributed by atoms with van der Waals surface area (Å²) in [4.78, 5) is 12.5. The second-order valence-corrected chi connectivity index (χ2v) is 5.42. The molecule has 0 spiro atoms. The van der Waals surface area contributed by atoms with E-state index in [0.29, 0.717) is 22.9 Å². The van der Waals surface area contributed by atoms with Crippen molar-refractivity contribution in [2.24, 2.45) is 5.92 Å². The van der Waals surface area contributed by atoms with Crippen molar-refractivity contribution in [3.8, 4) is 0 Å². The number of carbonyl (C=O) groups is 1. The van der Waals surface area contributed by atoms with Crippen LogP contribution in [0.4, 0.5) is 4.39 Å². The van der Waals surface area contributed by atoms with E-state index in [4.69, 9.17) is 4.74 Å². The van der Waals surface area contributed by atoms with E-state index in [1.54, 1.807) is 31.4 Å². The van der Waals surface area contributed by atoms with Crippen LogP contribution in [0.3, 0.4) is 0 Å². The molecule has 2 rings (SSSR count). The van der Waals surface area contributed by atoms with Crippen LogP contribution in [0.1, 0.15) is 24.2 Å². The number of ether oxygens (including phenoxy) is 1. The topological polar surface area (TPSA) is 38.3 Å². The molecule has 21 heavy (non-hydrogen) atoms. The minimum absolute atomic E-state index is 0.0775. The zero-order valence-electron chi connectivity index (χ0n) is 12.5. The van der Waals surface area contributed by atoms with Crippen LogP contribution in [0.5, 0.6) is 0 Å². The highest BCUT2D eigenvalue weighted by molar-refractivity contribution is 6.07. The number of hydrogen-bond donors (Lipinski definition) is 1. The first-order valence-corrected chi connectivity index (χ1v) is 7.01. The van der Waals surface area contributed by atoms with Gasteiger partial charge in [-0.3, -0.25) is 4.79 Å². The highest BCUT2D eigenvalue weighted by atomic mass is 19.1. The number of carbonyl (C=O) groups excluding carboxylic acids is 1. The number of methoxy groups -OCH3 is 1. The minimum atomic E-state index is -0.320. The first-order valence-electron chi connectivity index (χ1n) is 7.01. The van der Waals surface area contributed by atoms with Crippen LogP contribution in [-0.4, -0.2) is 25.7 Å². The van der Waals surface area contributed by atoms with Gasteiger partial charge < -0.3 is 10.1 Å². The summed E-state index contributed by atoms with van der Waals surface area (Å²) in [5.41, 5.74) is 0.480. The van der Waals surface area contributed by atoms with Crippen molar-refractivity contribution in [3.63, 3.8) is 0 Å². The van der Waals surface area contributed by atoms with Crippen molar-refractivity contribution < 1.29 is 13.9 Å². The number of amides is 1. The van der Waals surface area contributed by atoms with Gasteiger partial charge in [0.05, 0.1) is 12.6 Å². The molecule has 3 nitrogen and oxygen atoms in total. The quantitative estimate of drug-likeness (QED) is 0.916. The predicted octanol–water partition coefficient (Wildman–Crippen LogP) is 3.38. The SMILES string of the molecule is COCC(NC(=O)c1ccc(F)c2ccccc12)C(C)C. The average Bonchev–Trinajstić information content (AvgIpc) is 2.47. The first kappa shape index (κ1) is 15.4. The largest absolute Gasteiger partial charge is 0.383 e. The normalized spacial score (nSPS) is 12.6. The Bertz CT molecular complexity index is 640. The van der Waals surface area contributed by atoms with Gasteiger partial charge in [0.1, 0.15) is 5.82 Å². The molecule has 0 saturated heterocycles. The molecule has 0 aliphatic carbocycles. The van der Waals surface area contributed by atoms with Crippen LogP contribution in [0.25, 0.3) is 10.8 Å². The van der Waals surface area contributed by atoms with Crippen LogP contribution < -0.4 is 5.32 Å². The first-order chi connectivity index (χ1) is 10.0. The number of fused-ring (bicyclic) bond motifs is 1. The van der Waals surface area contributed by atoms with Crippen LogP contribution in [0.15, 0.2) is 36.4 Å². The molecule has 0 aliphatic rings. The van der Waals surface area contributed by atoms with Gasteiger partial charge in [-0.1, -0.05) is 38.1 Å². The maximum Gasteiger partial charge on any atom is 0.252 e. The van der Waals surface area contributed by atoms with Gasteiger partial charge in [0.2, 0.25) is 0 Å². The molecule has 2 aromatic carbocycles. The fourth-order valence-corrected chi connectivity index (χ4v) is 2.29. The number of benzene rings is 2. The third-order valence-electron chi connectivity index (χ3n) is 3.58. The van der Waals surface area contributed by atoms with E-state index in [-0.39, 0.29) is 23.7 Å². The Hall–Kier alpha value is -1.94. The predicted molar refractivity (Wildman–Crippen MR) is 81.9 cm³/mol. The van der Waals surface area contributed by atoms with Crippen molar-refractivity contribution in [3.05, 3.63) is 47.8 Å². The Morgan fingerprint density at radius 1 is 1.19 bits per heavy atom. The van der Waals surface area contributed by atoms with E-state index in [1.165, 1.54) is 12.1 Å². The third-order valence-corrected chi connectivity index (χ3v) is 3.58. The van der Waals surface area contributed by atoms with Gasteiger partial charge in [0, 0.05) is 18.1 Å². The summed E-state index contributed by atoms with van der Waals surface area (Å²) in [5, 5.41) is 4.04. The zero-order chi connectivity index (χ0) is 15.4. The molecule has 0 aromatic heterocycles. The molecule has 1 N–H and O–H groups in total. The smallest absolute Gasteiger partial charge is 0.252 e. The minimum Gasteiger partial charge on any atom is -0.383 e. The Kier molecular flexibility index (Phi) is 4.91. The van der Waals surface area contributed by atoms with Gasteiger partial charge in [0.15, 0.2) is 0 Å². The molecule has 0 bridgehead atoms. The molecule has 0 heterocycles. The second-order valence-electron chi connectivity index (χ2n) is 5.42. The lowest BCUT2D eigenvalue weighted by molar-refractivity contribution is 0.0868. The molecule has 2 aromatic rings. The molecule has 0 aliphatic heterocycles. The molecule has 1 unspecified atom stereocenters. The Morgan fingerprint density at radius 3 is 2.48 bits per heavy atom. The van der Waals surface area contributed by atoms with Crippen molar-refractivity contribution in [2.45, 2.75) is 19.9 Å². The maximum absolute atomic E-state index is 13.8. The molecule has 4 heteroatoms. The monoisotopic (exact) mass is 289 g/mol. The molecule has 0 saturated carbocycles. The lowest BCUT2D eigenvalue weighted by Crippen LogP contribution is -2.41. The third kappa shape index (κ3) is 3.39. The Balaban J connectivity index is 2.33. The fraction of sp³-hybridized carbons (Fsp3) is 0.353. The van der Waals surface area contributed by atoms with Gasteiger partial charge in [-0.15, -0.1) is 0 Å². The second kappa shape index (κ2) is 6.68. The van der Waals surface area contributed by atoms with E-state index in [0.717, 1.165) is 0 Å². The van der Waals surface area contributed by atoms with E-state index in [2.05, 4.69) is 5.32 Å². The molecule has 1 amide bonds. The van der Waals surface area contributed by atoms with Gasteiger partial charge in [-0.25, -0.2) is 4.39 Å². The van der Waals surface area contributed by atoms with Crippen molar-refractivity contribution >= 4 is 16.7 Å². The highest BCUT2D eigenvalue weighted by Gasteiger charge is 2.19. The van der Waals surface area contributed by atoms with Crippen molar-refractivity contribution in [1.29, 1.82) is 0 Å². The van der Waals surface area contributed by atoms with Gasteiger partial charge in [-0.05, 0) is 23.4 Å². The average molecular weight is 289 g/mol. The number of rotatable bonds is 5. The number of hydrogen-bond acceptors (Lipinski definition) is 2. The molecular formula is C17H20FNO2. The van der Waals surface area contributed by atoms with Crippen molar-refractivity contribution in [2.75, 3.05) is 13.7 Å². The van der Waals surface area contributed by atoms with E-state index in [9.17, 15) is 9.18 Å². The molecular weight excluding hydrogens is 269 g/mol. The summed E-state index contributed by atoms with van der Waals surface area (Å²) in [6, 6.07) is 9.77. The van der Waals surface area contributed by atoms with E-state index >= 15 is 0 Å². The lowest BCUT2D eigenvalue weighted by atomic mass is 10.0. The van der Waals surface area contributed by atoms with E-state index in [1.807, 2.05) is 13.8 Å². The summed E-state index contributed by atoms with van der Waals surface area (Å²) < 4.78 is 18.9. The molecule has 1 atom stereocenters. The fourth-order valence-electron chi connectivity index (χ4n) is 2.29.